The average Bonchev–Trinajstić information content (AvgIpc) is 2.67. The first-order valence-electron chi connectivity index (χ1n) is 8.04. The molecular weight excluding hydrogens is 316 g/mol. The van der Waals surface area contributed by atoms with E-state index in [1.54, 1.807) is 20.3 Å². The lowest BCUT2D eigenvalue weighted by molar-refractivity contribution is -0.123. The van der Waals surface area contributed by atoms with Crippen LogP contribution in [0.2, 0.25) is 0 Å². The van der Waals surface area contributed by atoms with E-state index in [2.05, 4.69) is 11.9 Å². The molecule has 0 aromatic heterocycles. The molecule has 0 aliphatic carbocycles. The van der Waals surface area contributed by atoms with Crippen LogP contribution < -0.4 is 20.5 Å². The zero-order valence-corrected chi connectivity index (χ0v) is 14.6. The van der Waals surface area contributed by atoms with Gasteiger partial charge in [0.15, 0.2) is 0 Å². The van der Waals surface area contributed by atoms with Gasteiger partial charge in [-0.1, -0.05) is 36.4 Å². The number of hydrogen-bond donors (Lipinski definition) is 2. The maximum atomic E-state index is 12.6. The van der Waals surface area contributed by atoms with Gasteiger partial charge >= 0.3 is 0 Å². The molecule has 0 bridgehead atoms. The third-order valence-electron chi connectivity index (χ3n) is 3.97. The predicted octanol–water partition coefficient (Wildman–Crippen LogP) is 3.14. The summed E-state index contributed by atoms with van der Waals surface area (Å²) in [5.41, 5.74) is 7.67. The van der Waals surface area contributed by atoms with Crippen molar-refractivity contribution >= 4 is 5.91 Å². The van der Waals surface area contributed by atoms with E-state index in [4.69, 9.17) is 15.2 Å². The molecule has 1 amide bonds. The number of nitrogens with one attached hydrogen (secondary N) is 1. The lowest BCUT2D eigenvalue weighted by atomic mass is 10.0. The van der Waals surface area contributed by atoms with Crippen LogP contribution in [0.5, 0.6) is 11.5 Å². The van der Waals surface area contributed by atoms with E-state index in [0.717, 1.165) is 11.1 Å². The van der Waals surface area contributed by atoms with Crippen molar-refractivity contribution in [1.82, 2.24) is 5.32 Å². The summed E-state index contributed by atoms with van der Waals surface area (Å²) in [5, 5.41) is 2.99. The Bertz CT molecular complexity index is 716. The van der Waals surface area contributed by atoms with Crippen molar-refractivity contribution in [3.63, 3.8) is 0 Å². The lowest BCUT2D eigenvalue weighted by Gasteiger charge is -2.23. The summed E-state index contributed by atoms with van der Waals surface area (Å²) in [7, 11) is 3.19. The molecule has 0 fully saturated rings. The fraction of sp³-hybridized carbons (Fsp3) is 0.250. The van der Waals surface area contributed by atoms with E-state index < -0.39 is 6.04 Å². The fourth-order valence-corrected chi connectivity index (χ4v) is 2.62. The van der Waals surface area contributed by atoms with Gasteiger partial charge in [-0.2, -0.15) is 0 Å². The Hall–Kier alpha value is -2.79. The molecule has 2 aromatic rings. The Balaban J connectivity index is 2.26. The second-order valence-electron chi connectivity index (χ2n) is 5.58. The third kappa shape index (κ3) is 4.61. The van der Waals surface area contributed by atoms with E-state index in [0.29, 0.717) is 17.9 Å². The number of carbonyl (C=O) groups excluding carboxylic acids is 1. The number of ether oxygens (including phenoxy) is 2. The molecule has 3 N–H and O–H groups in total. The first-order valence-corrected chi connectivity index (χ1v) is 8.04. The predicted molar refractivity (Wildman–Crippen MR) is 98.6 cm³/mol. The first-order chi connectivity index (χ1) is 12.1. The second kappa shape index (κ2) is 8.89. The highest BCUT2D eigenvalue weighted by atomic mass is 16.5. The van der Waals surface area contributed by atoms with Gasteiger partial charge in [0.1, 0.15) is 17.5 Å². The molecular formula is C20H24N2O3. The Morgan fingerprint density at radius 1 is 1.20 bits per heavy atom. The quantitative estimate of drug-likeness (QED) is 0.724. The van der Waals surface area contributed by atoms with Crippen molar-refractivity contribution < 1.29 is 14.3 Å². The largest absolute Gasteiger partial charge is 0.497 e. The molecule has 5 nitrogen and oxygen atoms in total. The Morgan fingerprint density at radius 3 is 2.52 bits per heavy atom. The van der Waals surface area contributed by atoms with E-state index in [-0.39, 0.29) is 11.9 Å². The van der Waals surface area contributed by atoms with Gasteiger partial charge in [0, 0.05) is 5.56 Å². The average molecular weight is 340 g/mol. The SMILES string of the molecule is C=CC[C@@H](NC(=O)[C@H](N)c1ccccc1)c1cc(OC)ccc1OC. The summed E-state index contributed by atoms with van der Waals surface area (Å²) in [5.74, 6) is 1.09. The highest BCUT2D eigenvalue weighted by Gasteiger charge is 2.22. The van der Waals surface area contributed by atoms with Crippen LogP contribution in [-0.2, 0) is 4.79 Å². The molecule has 0 aliphatic rings. The molecule has 2 aromatic carbocycles. The van der Waals surface area contributed by atoms with Crippen LogP contribution in [0.25, 0.3) is 0 Å². The molecule has 0 saturated carbocycles. The van der Waals surface area contributed by atoms with Crippen LogP contribution in [0, 0.1) is 0 Å². The summed E-state index contributed by atoms with van der Waals surface area (Å²) in [4.78, 5) is 12.6. The number of amides is 1. The van der Waals surface area contributed by atoms with Crippen molar-refractivity contribution in [1.29, 1.82) is 0 Å². The Labute approximate surface area is 148 Å². The molecule has 132 valence electrons. The van der Waals surface area contributed by atoms with E-state index >= 15 is 0 Å². The third-order valence-corrected chi connectivity index (χ3v) is 3.97. The molecule has 0 unspecified atom stereocenters. The van der Waals surface area contributed by atoms with Gasteiger partial charge in [0.2, 0.25) is 5.91 Å². The van der Waals surface area contributed by atoms with Crippen molar-refractivity contribution in [2.75, 3.05) is 14.2 Å². The van der Waals surface area contributed by atoms with Crippen LogP contribution in [-0.4, -0.2) is 20.1 Å². The Kier molecular flexibility index (Phi) is 6.60. The van der Waals surface area contributed by atoms with Crippen molar-refractivity contribution in [3.05, 3.63) is 72.3 Å². The van der Waals surface area contributed by atoms with Crippen LogP contribution in [0.4, 0.5) is 0 Å². The standard InChI is InChI=1S/C20H24N2O3/c1-4-8-17(16-13-15(24-2)11-12-18(16)25-3)22-20(23)19(21)14-9-6-5-7-10-14/h4-7,9-13,17,19H,1,8,21H2,2-3H3,(H,22,23)/t17-,19-/m1/s1. The number of rotatable bonds is 8. The topological polar surface area (TPSA) is 73.6 Å². The highest BCUT2D eigenvalue weighted by molar-refractivity contribution is 5.83. The van der Waals surface area contributed by atoms with Crippen molar-refractivity contribution in [2.45, 2.75) is 18.5 Å². The molecule has 0 saturated heterocycles. The zero-order chi connectivity index (χ0) is 18.2. The maximum absolute atomic E-state index is 12.6. The normalized spacial score (nSPS) is 12.8. The van der Waals surface area contributed by atoms with Gasteiger partial charge in [-0.3, -0.25) is 4.79 Å². The molecule has 2 rings (SSSR count). The van der Waals surface area contributed by atoms with Crippen LogP contribution >= 0.6 is 0 Å². The molecule has 25 heavy (non-hydrogen) atoms. The molecule has 0 radical (unpaired) electrons. The molecule has 5 heteroatoms. The monoisotopic (exact) mass is 340 g/mol. The summed E-state index contributed by atoms with van der Waals surface area (Å²) >= 11 is 0. The molecule has 2 atom stereocenters. The van der Waals surface area contributed by atoms with Crippen molar-refractivity contribution in [3.8, 4) is 11.5 Å². The summed E-state index contributed by atoms with van der Waals surface area (Å²) in [6.45, 7) is 3.78. The van der Waals surface area contributed by atoms with Gasteiger partial charge < -0.3 is 20.5 Å². The Morgan fingerprint density at radius 2 is 1.92 bits per heavy atom. The fourth-order valence-electron chi connectivity index (χ4n) is 2.62. The number of carbonyl (C=O) groups is 1. The van der Waals surface area contributed by atoms with Crippen LogP contribution in [0.15, 0.2) is 61.2 Å². The van der Waals surface area contributed by atoms with E-state index in [1.165, 1.54) is 0 Å². The van der Waals surface area contributed by atoms with Gasteiger partial charge in [0.25, 0.3) is 0 Å². The molecule has 0 heterocycles. The smallest absolute Gasteiger partial charge is 0.242 e. The summed E-state index contributed by atoms with van der Waals surface area (Å²) in [6.07, 6.45) is 2.29. The number of benzene rings is 2. The van der Waals surface area contributed by atoms with Gasteiger partial charge in [0.05, 0.1) is 20.3 Å². The van der Waals surface area contributed by atoms with Gasteiger partial charge in [-0.25, -0.2) is 0 Å². The molecule has 0 spiro atoms. The maximum Gasteiger partial charge on any atom is 0.242 e. The minimum absolute atomic E-state index is 0.261. The number of hydrogen-bond acceptors (Lipinski definition) is 4. The minimum Gasteiger partial charge on any atom is -0.497 e. The second-order valence-corrected chi connectivity index (χ2v) is 5.58. The lowest BCUT2D eigenvalue weighted by Crippen LogP contribution is -2.36. The van der Waals surface area contributed by atoms with Crippen LogP contribution in [0.1, 0.15) is 29.6 Å². The number of nitrogens with two attached hydrogens (primary N) is 1. The van der Waals surface area contributed by atoms with E-state index in [1.807, 2.05) is 48.5 Å². The highest BCUT2D eigenvalue weighted by Crippen LogP contribution is 2.31. The summed E-state index contributed by atoms with van der Waals surface area (Å²) in [6, 6.07) is 13.7. The van der Waals surface area contributed by atoms with E-state index in [9.17, 15) is 4.79 Å². The van der Waals surface area contributed by atoms with Gasteiger partial charge in [-0.05, 0) is 30.2 Å². The number of methoxy groups -OCH3 is 2. The summed E-state index contributed by atoms with van der Waals surface area (Å²) < 4.78 is 10.7. The molecule has 0 aliphatic heterocycles. The van der Waals surface area contributed by atoms with Gasteiger partial charge in [-0.15, -0.1) is 6.58 Å². The zero-order valence-electron chi connectivity index (χ0n) is 14.6. The first kappa shape index (κ1) is 18.5. The van der Waals surface area contributed by atoms with Crippen LogP contribution in [0.3, 0.4) is 0 Å². The van der Waals surface area contributed by atoms with Crippen molar-refractivity contribution in [2.24, 2.45) is 5.73 Å². The minimum atomic E-state index is -0.745.